The van der Waals surface area contributed by atoms with E-state index in [-0.39, 0.29) is 5.91 Å². The van der Waals surface area contributed by atoms with Crippen molar-refractivity contribution in [3.05, 3.63) is 51.5 Å². The van der Waals surface area contributed by atoms with Gasteiger partial charge in [0.05, 0.1) is 13.1 Å². The summed E-state index contributed by atoms with van der Waals surface area (Å²) in [6.07, 6.45) is 3.37. The van der Waals surface area contributed by atoms with Crippen LogP contribution < -0.4 is 0 Å². The topological polar surface area (TPSA) is 38.1 Å². The molecule has 1 fully saturated rings. The number of nitrogens with zero attached hydrogens (tertiary/aromatic N) is 3. The van der Waals surface area contributed by atoms with Gasteiger partial charge in [0, 0.05) is 30.2 Å². The molecule has 0 aromatic carbocycles. The van der Waals surface area contributed by atoms with E-state index in [4.69, 9.17) is 0 Å². The summed E-state index contributed by atoms with van der Waals surface area (Å²) in [5.74, 6) is 0.993. The van der Waals surface area contributed by atoms with Gasteiger partial charge >= 0.3 is 6.18 Å². The zero-order chi connectivity index (χ0) is 21.6. The van der Waals surface area contributed by atoms with Crippen LogP contribution in [-0.2, 0) is 30.5 Å². The standard InChI is InChI=1S/C23H24F3N3OS/c24-23(25,26)20-11-16(14-31-20)12-29-19-13-28(21(30)5-1-3-15-6-7-15)10-8-17(19)18-4-2-9-27-22(18)29/h2,4,9,11,14-15H,1,3,5-8,10,12-13H2. The highest BCUT2D eigenvalue weighted by Gasteiger charge is 2.33. The molecule has 1 aliphatic heterocycles. The summed E-state index contributed by atoms with van der Waals surface area (Å²) in [6, 6.07) is 5.11. The van der Waals surface area contributed by atoms with E-state index < -0.39 is 11.1 Å². The van der Waals surface area contributed by atoms with Crippen molar-refractivity contribution in [2.75, 3.05) is 6.54 Å². The lowest BCUT2D eigenvalue weighted by Crippen LogP contribution is -2.36. The molecule has 2 aliphatic rings. The quantitative estimate of drug-likeness (QED) is 0.491. The first-order valence-corrected chi connectivity index (χ1v) is 11.7. The van der Waals surface area contributed by atoms with Crippen LogP contribution in [0.1, 0.15) is 53.8 Å². The van der Waals surface area contributed by atoms with Crippen LogP contribution in [0.4, 0.5) is 13.2 Å². The number of pyridine rings is 1. The zero-order valence-corrected chi connectivity index (χ0v) is 17.9. The van der Waals surface area contributed by atoms with Crippen molar-refractivity contribution in [3.63, 3.8) is 0 Å². The molecule has 3 aromatic rings. The molecule has 0 N–H and O–H groups in total. The molecule has 8 heteroatoms. The molecular formula is C23H24F3N3OS. The molecule has 0 unspecified atom stereocenters. The van der Waals surface area contributed by atoms with E-state index in [9.17, 15) is 18.0 Å². The predicted molar refractivity (Wildman–Crippen MR) is 114 cm³/mol. The summed E-state index contributed by atoms with van der Waals surface area (Å²) in [5.41, 5.74) is 3.54. The van der Waals surface area contributed by atoms with Gasteiger partial charge in [0.1, 0.15) is 10.5 Å². The van der Waals surface area contributed by atoms with Crippen LogP contribution in [-0.4, -0.2) is 26.9 Å². The second-order valence-electron chi connectivity index (χ2n) is 8.60. The Morgan fingerprint density at radius 3 is 2.87 bits per heavy atom. The Morgan fingerprint density at radius 1 is 1.29 bits per heavy atom. The van der Waals surface area contributed by atoms with Crippen molar-refractivity contribution in [3.8, 4) is 0 Å². The molecule has 1 amide bonds. The van der Waals surface area contributed by atoms with Crippen molar-refractivity contribution in [1.29, 1.82) is 0 Å². The average Bonchev–Trinajstić information content (AvgIpc) is 3.35. The minimum absolute atomic E-state index is 0.172. The largest absolute Gasteiger partial charge is 0.425 e. The Kier molecular flexibility index (Phi) is 5.28. The van der Waals surface area contributed by atoms with Gasteiger partial charge in [0.2, 0.25) is 5.91 Å². The van der Waals surface area contributed by atoms with Crippen LogP contribution in [0.5, 0.6) is 0 Å². The highest BCUT2D eigenvalue weighted by atomic mass is 32.1. The minimum Gasteiger partial charge on any atom is -0.337 e. The second-order valence-corrected chi connectivity index (χ2v) is 9.52. The number of fused-ring (bicyclic) bond motifs is 3. The highest BCUT2D eigenvalue weighted by molar-refractivity contribution is 7.10. The molecule has 4 heterocycles. The van der Waals surface area contributed by atoms with Gasteiger partial charge in [-0.25, -0.2) is 4.98 Å². The number of carbonyl (C=O) groups is 1. The molecule has 4 nitrogen and oxygen atoms in total. The summed E-state index contributed by atoms with van der Waals surface area (Å²) in [4.78, 5) is 18.6. The van der Waals surface area contributed by atoms with Crippen molar-refractivity contribution < 1.29 is 18.0 Å². The van der Waals surface area contributed by atoms with Gasteiger partial charge in [-0.3, -0.25) is 4.79 Å². The van der Waals surface area contributed by atoms with Gasteiger partial charge in [0.15, 0.2) is 0 Å². The highest BCUT2D eigenvalue weighted by Crippen LogP contribution is 2.36. The number of alkyl halides is 3. The molecule has 164 valence electrons. The Balaban J connectivity index is 1.41. The van der Waals surface area contributed by atoms with E-state index >= 15 is 0 Å². The van der Waals surface area contributed by atoms with Crippen LogP contribution in [0, 0.1) is 5.92 Å². The molecule has 3 aromatic heterocycles. The second kappa shape index (κ2) is 7.97. The van der Waals surface area contributed by atoms with E-state index in [1.54, 1.807) is 11.6 Å². The fourth-order valence-electron chi connectivity index (χ4n) is 4.54. The lowest BCUT2D eigenvalue weighted by atomic mass is 10.0. The van der Waals surface area contributed by atoms with Gasteiger partial charge in [-0.05, 0) is 59.9 Å². The molecule has 31 heavy (non-hydrogen) atoms. The Labute approximate surface area is 182 Å². The molecule has 1 saturated carbocycles. The van der Waals surface area contributed by atoms with E-state index in [1.165, 1.54) is 18.9 Å². The fourth-order valence-corrected chi connectivity index (χ4v) is 5.31. The van der Waals surface area contributed by atoms with Crippen molar-refractivity contribution in [2.24, 2.45) is 5.92 Å². The number of amides is 1. The lowest BCUT2D eigenvalue weighted by molar-refractivity contribution is -0.134. The maximum atomic E-state index is 13.0. The van der Waals surface area contributed by atoms with E-state index in [2.05, 4.69) is 4.98 Å². The van der Waals surface area contributed by atoms with E-state index in [0.717, 1.165) is 58.8 Å². The Bertz CT molecular complexity index is 1110. The third-order valence-corrected chi connectivity index (χ3v) is 7.36. The van der Waals surface area contributed by atoms with Crippen molar-refractivity contribution >= 4 is 28.3 Å². The van der Waals surface area contributed by atoms with Crippen molar-refractivity contribution in [2.45, 2.75) is 57.8 Å². The summed E-state index contributed by atoms with van der Waals surface area (Å²) in [7, 11) is 0. The first-order chi connectivity index (χ1) is 14.9. The van der Waals surface area contributed by atoms with Crippen LogP contribution in [0.15, 0.2) is 29.8 Å². The number of rotatable bonds is 6. The number of carbonyl (C=O) groups excluding carboxylic acids is 1. The lowest BCUT2D eigenvalue weighted by Gasteiger charge is -2.28. The summed E-state index contributed by atoms with van der Waals surface area (Å²) >= 11 is 0.720. The zero-order valence-electron chi connectivity index (χ0n) is 17.1. The molecule has 0 saturated heterocycles. The number of aromatic nitrogens is 2. The third-order valence-electron chi connectivity index (χ3n) is 6.34. The number of hydrogen-bond acceptors (Lipinski definition) is 3. The predicted octanol–water partition coefficient (Wildman–Crippen LogP) is 5.63. The number of hydrogen-bond donors (Lipinski definition) is 0. The van der Waals surface area contributed by atoms with Gasteiger partial charge in [-0.1, -0.05) is 12.8 Å². The molecule has 5 rings (SSSR count). The normalized spacial score (nSPS) is 16.7. The summed E-state index contributed by atoms with van der Waals surface area (Å²) in [6.45, 7) is 1.49. The monoisotopic (exact) mass is 447 g/mol. The molecule has 0 radical (unpaired) electrons. The molecule has 1 aliphatic carbocycles. The molecule has 0 bridgehead atoms. The average molecular weight is 448 g/mol. The maximum absolute atomic E-state index is 13.0. The van der Waals surface area contributed by atoms with Crippen LogP contribution >= 0.6 is 11.3 Å². The van der Waals surface area contributed by atoms with Crippen LogP contribution in [0.3, 0.4) is 0 Å². The fraction of sp³-hybridized carbons (Fsp3) is 0.478. The first-order valence-electron chi connectivity index (χ1n) is 10.8. The van der Waals surface area contributed by atoms with E-state index in [1.807, 2.05) is 21.6 Å². The summed E-state index contributed by atoms with van der Waals surface area (Å²) in [5, 5.41) is 2.60. The Hall–Kier alpha value is -2.35. The minimum atomic E-state index is -4.33. The first kappa shape index (κ1) is 20.5. The van der Waals surface area contributed by atoms with E-state index in [0.29, 0.717) is 31.6 Å². The van der Waals surface area contributed by atoms with Gasteiger partial charge in [-0.2, -0.15) is 13.2 Å². The number of thiophene rings is 1. The van der Waals surface area contributed by atoms with Crippen LogP contribution in [0.2, 0.25) is 0 Å². The maximum Gasteiger partial charge on any atom is 0.425 e. The number of halogens is 3. The summed E-state index contributed by atoms with van der Waals surface area (Å²) < 4.78 is 41.1. The smallest absolute Gasteiger partial charge is 0.337 e. The molecular weight excluding hydrogens is 423 g/mol. The SMILES string of the molecule is O=C(CCCC1CC1)N1CCc2c(n(Cc3csc(C(F)(F)F)c3)c3ncccc23)C1. The van der Waals surface area contributed by atoms with Gasteiger partial charge in [-0.15, -0.1) is 11.3 Å². The Morgan fingerprint density at radius 2 is 2.13 bits per heavy atom. The van der Waals surface area contributed by atoms with Gasteiger partial charge in [0.25, 0.3) is 0 Å². The van der Waals surface area contributed by atoms with Crippen LogP contribution in [0.25, 0.3) is 11.0 Å². The van der Waals surface area contributed by atoms with Crippen molar-refractivity contribution in [1.82, 2.24) is 14.5 Å². The molecule has 0 atom stereocenters. The third kappa shape index (κ3) is 4.22. The molecule has 0 spiro atoms. The van der Waals surface area contributed by atoms with Gasteiger partial charge < -0.3 is 9.47 Å².